The number of piperidine rings is 2. The number of nitrogens with zero attached hydrogens (tertiary/aromatic N) is 2. The number of hydrogen-bond donors (Lipinski definition) is 2. The number of aryl methyl sites for hydroxylation is 1. The molecule has 3 aromatic carbocycles. The van der Waals surface area contributed by atoms with Crippen LogP contribution in [0.2, 0.25) is 0 Å². The molecule has 2 saturated heterocycles. The first kappa shape index (κ1) is 36.2. The molecule has 3 heterocycles. The molecule has 3 aliphatic heterocycles. The highest BCUT2D eigenvalue weighted by atomic mass is 35.5. The molecule has 0 bridgehead atoms. The highest BCUT2D eigenvalue weighted by Crippen LogP contribution is 2.28. The number of benzene rings is 3. The Morgan fingerprint density at radius 2 is 1.21 bits per heavy atom. The van der Waals surface area contributed by atoms with Crippen LogP contribution in [0.15, 0.2) is 66.7 Å². The molecule has 6 nitrogen and oxygen atoms in total. The van der Waals surface area contributed by atoms with Crippen molar-refractivity contribution in [2.45, 2.75) is 63.5 Å². The van der Waals surface area contributed by atoms with Crippen LogP contribution >= 0.6 is 23.2 Å². The van der Waals surface area contributed by atoms with Crippen molar-refractivity contribution >= 4 is 46.3 Å². The average molecular weight is 700 g/mol. The Balaban J connectivity index is 0.000000313. The number of alkyl halides is 2. The van der Waals surface area contributed by atoms with Gasteiger partial charge < -0.3 is 11.1 Å². The minimum Gasteiger partial charge on any atom is -0.399 e. The van der Waals surface area contributed by atoms with Gasteiger partial charge >= 0.3 is 0 Å². The summed E-state index contributed by atoms with van der Waals surface area (Å²) in [6.45, 7) is 3.35. The van der Waals surface area contributed by atoms with Gasteiger partial charge in [0.1, 0.15) is 11.6 Å². The highest BCUT2D eigenvalue weighted by molar-refractivity contribution is 6.22. The van der Waals surface area contributed by atoms with Crippen LogP contribution in [0.1, 0.15) is 48.8 Å². The molecule has 10 heteroatoms. The number of nitrogens with one attached hydrogen (secondary N) is 1. The van der Waals surface area contributed by atoms with Gasteiger partial charge in [-0.15, -0.1) is 23.2 Å². The molecule has 2 atom stereocenters. The minimum atomic E-state index is -0.320. The maximum atomic E-state index is 13.6. The van der Waals surface area contributed by atoms with Gasteiger partial charge in [-0.1, -0.05) is 24.3 Å². The molecule has 6 rings (SSSR count). The lowest BCUT2D eigenvalue weighted by molar-refractivity contribution is -0.129. The quantitative estimate of drug-likeness (QED) is 0.174. The summed E-state index contributed by atoms with van der Waals surface area (Å²) in [5, 5.41) is 2.79. The van der Waals surface area contributed by atoms with E-state index in [9.17, 15) is 18.4 Å². The van der Waals surface area contributed by atoms with Crippen molar-refractivity contribution in [3.63, 3.8) is 0 Å². The van der Waals surface area contributed by atoms with Crippen LogP contribution in [-0.2, 0) is 28.9 Å². The Morgan fingerprint density at radius 1 is 0.750 bits per heavy atom. The molecule has 3 aliphatic rings. The number of hydrogen-bond acceptors (Lipinski definition) is 5. The highest BCUT2D eigenvalue weighted by Gasteiger charge is 2.37. The van der Waals surface area contributed by atoms with E-state index < -0.39 is 0 Å². The van der Waals surface area contributed by atoms with Crippen LogP contribution in [0.3, 0.4) is 0 Å². The third-order valence-electron chi connectivity index (χ3n) is 10.0. The molecule has 2 unspecified atom stereocenters. The molecule has 258 valence electrons. The van der Waals surface area contributed by atoms with Crippen molar-refractivity contribution < 1.29 is 18.4 Å². The van der Waals surface area contributed by atoms with Crippen LogP contribution in [0.25, 0.3) is 0 Å². The third-order valence-corrected chi connectivity index (χ3v) is 10.6. The van der Waals surface area contributed by atoms with Crippen LogP contribution in [0, 0.1) is 23.5 Å². The molecule has 48 heavy (non-hydrogen) atoms. The Kier molecular flexibility index (Phi) is 13.3. The smallest absolute Gasteiger partial charge is 0.224 e. The number of likely N-dealkylation sites (tertiary alicyclic amines) is 2. The molecule has 0 spiro atoms. The zero-order valence-electron chi connectivity index (χ0n) is 27.4. The first-order valence-corrected chi connectivity index (χ1v) is 18.1. The molecular weight excluding hydrogens is 653 g/mol. The Labute approximate surface area is 293 Å². The van der Waals surface area contributed by atoms with E-state index in [0.717, 1.165) is 99.2 Å². The van der Waals surface area contributed by atoms with Crippen molar-refractivity contribution in [1.82, 2.24) is 9.80 Å². The summed E-state index contributed by atoms with van der Waals surface area (Å²) < 4.78 is 26.4. The predicted octanol–water partition coefficient (Wildman–Crippen LogP) is 7.11. The summed E-state index contributed by atoms with van der Waals surface area (Å²) in [5.74, 6) is 1.42. The largest absolute Gasteiger partial charge is 0.399 e. The molecule has 0 aliphatic carbocycles. The summed E-state index contributed by atoms with van der Waals surface area (Å²) in [4.78, 5) is 29.0. The van der Waals surface area contributed by atoms with E-state index in [2.05, 4.69) is 15.1 Å². The van der Waals surface area contributed by atoms with Crippen LogP contribution in [-0.4, -0.2) is 71.5 Å². The minimum absolute atomic E-state index is 0.0901. The van der Waals surface area contributed by atoms with Crippen molar-refractivity contribution in [1.29, 1.82) is 0 Å². The first-order valence-electron chi connectivity index (χ1n) is 17.0. The van der Waals surface area contributed by atoms with Gasteiger partial charge in [-0.25, -0.2) is 8.78 Å². The summed E-state index contributed by atoms with van der Waals surface area (Å²) >= 11 is 12.7. The zero-order valence-corrected chi connectivity index (χ0v) is 28.9. The SMILES string of the molecule is Nc1ccc2c(c1)CCC(=O)N2.O=C(C(CCl)N1CCC(Cc2ccc(F)cc2)CC1)C(CCl)N1CCC(Cc2ccc(F)cc2)CC1. The predicted molar refractivity (Wildman–Crippen MR) is 191 cm³/mol. The fourth-order valence-electron chi connectivity index (χ4n) is 7.18. The Bertz CT molecular complexity index is 1410. The van der Waals surface area contributed by atoms with Gasteiger partial charge in [0.05, 0.1) is 12.1 Å². The molecule has 0 saturated carbocycles. The molecule has 3 N–H and O–H groups in total. The van der Waals surface area contributed by atoms with Gasteiger partial charge in [-0.3, -0.25) is 19.4 Å². The number of carbonyl (C=O) groups excluding carboxylic acids is 2. The molecule has 1 amide bonds. The van der Waals surface area contributed by atoms with Crippen LogP contribution in [0.4, 0.5) is 20.2 Å². The number of nitrogens with two attached hydrogens (primary N) is 1. The van der Waals surface area contributed by atoms with Gasteiger partial charge in [0.2, 0.25) is 5.91 Å². The van der Waals surface area contributed by atoms with E-state index >= 15 is 0 Å². The van der Waals surface area contributed by atoms with E-state index in [1.807, 2.05) is 36.4 Å². The number of carbonyl (C=O) groups is 2. The van der Waals surface area contributed by atoms with E-state index in [1.165, 1.54) is 24.3 Å². The first-order chi connectivity index (χ1) is 23.2. The van der Waals surface area contributed by atoms with Crippen molar-refractivity contribution in [3.8, 4) is 0 Å². The maximum Gasteiger partial charge on any atom is 0.224 e. The Hall–Kier alpha value is -3.04. The number of halogens is 4. The Morgan fingerprint density at radius 3 is 1.65 bits per heavy atom. The monoisotopic (exact) mass is 698 g/mol. The summed E-state index contributed by atoms with van der Waals surface area (Å²) in [7, 11) is 0. The molecule has 2 fully saturated rings. The van der Waals surface area contributed by atoms with Gasteiger partial charge in [0.15, 0.2) is 5.78 Å². The lowest BCUT2D eigenvalue weighted by Gasteiger charge is -2.41. The van der Waals surface area contributed by atoms with Crippen molar-refractivity contribution in [2.24, 2.45) is 11.8 Å². The number of Topliss-reactive ketones (excluding diaryl/α,β-unsaturated/α-hetero) is 1. The standard InChI is InChI=1S/C29H36Cl2F2N2O.C9H10N2O/c30-19-27(34-13-9-23(10-14-34)17-21-1-5-25(32)6-2-21)29(36)28(20-31)35-15-11-24(12-16-35)18-22-3-7-26(33)8-4-22;10-7-2-3-8-6(5-7)1-4-9(12)11-8/h1-8,23-24,27-28H,9-20H2;2-3,5H,1,4,10H2,(H,11,12). The zero-order chi connectivity index (χ0) is 34.0. The summed E-state index contributed by atoms with van der Waals surface area (Å²) in [6.07, 6.45) is 7.23. The van der Waals surface area contributed by atoms with E-state index in [-0.39, 0.29) is 47.2 Å². The number of amides is 1. The average Bonchev–Trinajstić information content (AvgIpc) is 3.09. The van der Waals surface area contributed by atoms with E-state index in [0.29, 0.717) is 18.3 Å². The topological polar surface area (TPSA) is 78.7 Å². The number of nitrogen functional groups attached to an aromatic ring is 1. The van der Waals surface area contributed by atoms with Gasteiger partial charge in [-0.05, 0) is 142 Å². The second kappa shape index (κ2) is 17.6. The van der Waals surface area contributed by atoms with Gasteiger partial charge in [0, 0.05) is 29.6 Å². The maximum absolute atomic E-state index is 13.6. The number of fused-ring (bicyclic) bond motifs is 1. The second-order valence-electron chi connectivity index (χ2n) is 13.3. The van der Waals surface area contributed by atoms with Gasteiger partial charge in [-0.2, -0.15) is 0 Å². The molecule has 3 aromatic rings. The molecule has 0 radical (unpaired) electrons. The lowest BCUT2D eigenvalue weighted by atomic mass is 9.88. The van der Waals surface area contributed by atoms with E-state index in [4.69, 9.17) is 28.9 Å². The van der Waals surface area contributed by atoms with Crippen LogP contribution in [0.5, 0.6) is 0 Å². The van der Waals surface area contributed by atoms with Gasteiger partial charge in [0.25, 0.3) is 0 Å². The van der Waals surface area contributed by atoms with Crippen LogP contribution < -0.4 is 11.1 Å². The summed E-state index contributed by atoms with van der Waals surface area (Å²) in [6, 6.07) is 18.4. The van der Waals surface area contributed by atoms with E-state index in [1.54, 1.807) is 6.07 Å². The summed E-state index contributed by atoms with van der Waals surface area (Å²) in [5.41, 5.74) is 10.7. The normalized spacial score (nSPS) is 19.0. The fourth-order valence-corrected chi connectivity index (χ4v) is 7.87. The number of rotatable bonds is 10. The van der Waals surface area contributed by atoms with Crippen molar-refractivity contribution in [2.75, 3.05) is 49.0 Å². The number of anilines is 2. The second-order valence-corrected chi connectivity index (χ2v) is 13.9. The van der Waals surface area contributed by atoms with Crippen molar-refractivity contribution in [3.05, 3.63) is 95.1 Å². The third kappa shape index (κ3) is 10.0. The molecule has 0 aromatic heterocycles. The molecular formula is C38H46Cl2F2N4O2. The lowest BCUT2D eigenvalue weighted by Crippen LogP contribution is -2.56. The number of ketones is 1. The fraction of sp³-hybridized carbons (Fsp3) is 0.474.